The number of carbonyl (C=O) groups is 3. The molecular weight excluding hydrogens is 392 g/mol. The number of hydrogen-bond acceptors (Lipinski definition) is 5. The standard InChI is InChI=1S/C26H22O5/c1-3-25(22(27)17-11-6-5-7-12-17)21-20-18-13-9-8-10-16(18)14-15-19(20)31-24(29)26(21,25)23(28)30-4-2/h5-15,21H,3-4H2,1-2H3/t21-,25-,26+/m0/s1. The third-order valence-electron chi connectivity index (χ3n) is 6.89. The van der Waals surface area contributed by atoms with Gasteiger partial charge in [0.1, 0.15) is 5.75 Å². The van der Waals surface area contributed by atoms with Gasteiger partial charge in [0.2, 0.25) is 0 Å². The van der Waals surface area contributed by atoms with Gasteiger partial charge in [-0.1, -0.05) is 67.6 Å². The Hall–Kier alpha value is -3.47. The molecule has 3 aromatic rings. The fourth-order valence-corrected chi connectivity index (χ4v) is 5.57. The molecule has 1 saturated carbocycles. The van der Waals surface area contributed by atoms with Crippen LogP contribution >= 0.6 is 0 Å². The predicted octanol–water partition coefficient (Wildman–Crippen LogP) is 4.68. The van der Waals surface area contributed by atoms with E-state index in [0.717, 1.165) is 16.3 Å². The Morgan fingerprint density at radius 3 is 2.39 bits per heavy atom. The molecule has 0 saturated heterocycles. The molecular formula is C26H22O5. The highest BCUT2D eigenvalue weighted by atomic mass is 16.6. The molecule has 0 unspecified atom stereocenters. The largest absolute Gasteiger partial charge is 0.465 e. The zero-order valence-electron chi connectivity index (χ0n) is 17.4. The third kappa shape index (κ3) is 2.29. The first-order valence-electron chi connectivity index (χ1n) is 10.5. The Balaban J connectivity index is 1.81. The Morgan fingerprint density at radius 2 is 1.68 bits per heavy atom. The van der Waals surface area contributed by atoms with Gasteiger partial charge in [-0.15, -0.1) is 0 Å². The van der Waals surface area contributed by atoms with Crippen molar-refractivity contribution in [1.29, 1.82) is 0 Å². The highest BCUT2D eigenvalue weighted by Crippen LogP contribution is 2.80. The molecule has 0 spiro atoms. The first kappa shape index (κ1) is 19.5. The van der Waals surface area contributed by atoms with Crippen LogP contribution in [0.1, 0.15) is 42.1 Å². The molecule has 0 bridgehead atoms. The summed E-state index contributed by atoms with van der Waals surface area (Å²) in [6, 6.07) is 20.2. The van der Waals surface area contributed by atoms with E-state index in [1.807, 2.05) is 43.3 Å². The van der Waals surface area contributed by atoms with Gasteiger partial charge in [0.05, 0.1) is 12.0 Å². The fraction of sp³-hybridized carbons (Fsp3) is 0.269. The molecule has 1 aliphatic heterocycles. The van der Waals surface area contributed by atoms with Crippen LogP contribution in [0.5, 0.6) is 5.75 Å². The van der Waals surface area contributed by atoms with Crippen LogP contribution in [0, 0.1) is 10.8 Å². The van der Waals surface area contributed by atoms with Gasteiger partial charge in [0.25, 0.3) is 0 Å². The van der Waals surface area contributed by atoms with Gasteiger partial charge in [0, 0.05) is 17.0 Å². The molecule has 3 atom stereocenters. The van der Waals surface area contributed by atoms with Gasteiger partial charge in [0.15, 0.2) is 11.2 Å². The Morgan fingerprint density at radius 1 is 0.968 bits per heavy atom. The summed E-state index contributed by atoms with van der Waals surface area (Å²) in [7, 11) is 0. The van der Waals surface area contributed by atoms with Crippen LogP contribution < -0.4 is 4.74 Å². The van der Waals surface area contributed by atoms with Crippen LogP contribution in [0.3, 0.4) is 0 Å². The summed E-state index contributed by atoms with van der Waals surface area (Å²) >= 11 is 0. The van der Waals surface area contributed by atoms with Crippen LogP contribution in [0.2, 0.25) is 0 Å². The van der Waals surface area contributed by atoms with Gasteiger partial charge in [-0.2, -0.15) is 0 Å². The number of ketones is 1. The minimum atomic E-state index is -1.68. The van der Waals surface area contributed by atoms with Crippen molar-refractivity contribution in [2.24, 2.45) is 10.8 Å². The van der Waals surface area contributed by atoms with E-state index in [4.69, 9.17) is 9.47 Å². The van der Waals surface area contributed by atoms with E-state index in [-0.39, 0.29) is 12.4 Å². The molecule has 1 fully saturated rings. The molecule has 0 amide bonds. The summed E-state index contributed by atoms with van der Waals surface area (Å²) < 4.78 is 11.1. The molecule has 0 N–H and O–H groups in total. The highest BCUT2D eigenvalue weighted by Gasteiger charge is 2.90. The Bertz CT molecular complexity index is 1230. The van der Waals surface area contributed by atoms with Crippen LogP contribution in [0.25, 0.3) is 10.8 Å². The maximum Gasteiger partial charge on any atom is 0.330 e. The molecule has 5 rings (SSSR count). The van der Waals surface area contributed by atoms with E-state index in [1.54, 1.807) is 37.3 Å². The van der Waals surface area contributed by atoms with E-state index in [2.05, 4.69) is 0 Å². The highest BCUT2D eigenvalue weighted by molar-refractivity contribution is 6.21. The number of carbonyl (C=O) groups excluding carboxylic acids is 3. The topological polar surface area (TPSA) is 69.7 Å². The summed E-state index contributed by atoms with van der Waals surface area (Å²) in [4.78, 5) is 40.7. The summed E-state index contributed by atoms with van der Waals surface area (Å²) in [6.07, 6.45) is 0.308. The van der Waals surface area contributed by atoms with E-state index in [9.17, 15) is 14.4 Å². The molecule has 1 heterocycles. The second kappa shape index (κ2) is 6.77. The van der Waals surface area contributed by atoms with Crippen LogP contribution in [-0.4, -0.2) is 24.3 Å². The first-order valence-corrected chi connectivity index (χ1v) is 10.5. The molecule has 31 heavy (non-hydrogen) atoms. The van der Waals surface area contributed by atoms with Crippen molar-refractivity contribution in [3.8, 4) is 5.75 Å². The molecule has 5 heteroatoms. The average Bonchev–Trinajstić information content (AvgIpc) is 3.45. The zero-order valence-corrected chi connectivity index (χ0v) is 17.4. The molecule has 3 aromatic carbocycles. The Kier molecular flexibility index (Phi) is 4.26. The predicted molar refractivity (Wildman–Crippen MR) is 115 cm³/mol. The van der Waals surface area contributed by atoms with E-state index in [0.29, 0.717) is 17.7 Å². The quantitative estimate of drug-likeness (QED) is 0.262. The number of ether oxygens (including phenoxy) is 2. The lowest BCUT2D eigenvalue weighted by atomic mass is 9.83. The SMILES string of the molecule is CCOC(=O)[C@@]12C(=O)Oc3ccc4ccccc4c3[C@H]1[C@@]2(CC)C(=O)c1ccccc1. The fourth-order valence-electron chi connectivity index (χ4n) is 5.57. The number of benzene rings is 3. The van der Waals surface area contributed by atoms with Crippen LogP contribution in [0.4, 0.5) is 0 Å². The lowest BCUT2D eigenvalue weighted by molar-refractivity contribution is -0.162. The average molecular weight is 414 g/mol. The van der Waals surface area contributed by atoms with Gasteiger partial charge >= 0.3 is 11.9 Å². The second-order valence-corrected chi connectivity index (χ2v) is 8.07. The van der Waals surface area contributed by atoms with Gasteiger partial charge < -0.3 is 9.47 Å². The van der Waals surface area contributed by atoms with Crippen molar-refractivity contribution in [1.82, 2.24) is 0 Å². The normalized spacial score (nSPS) is 25.9. The van der Waals surface area contributed by atoms with Gasteiger partial charge in [-0.25, -0.2) is 0 Å². The number of Topliss-reactive ketones (excluding diaryl/α,β-unsaturated/α-hetero) is 1. The number of rotatable bonds is 5. The smallest absolute Gasteiger partial charge is 0.330 e. The molecule has 0 radical (unpaired) electrons. The first-order chi connectivity index (χ1) is 15.0. The second-order valence-electron chi connectivity index (χ2n) is 8.07. The molecule has 2 aliphatic rings. The summed E-state index contributed by atoms with van der Waals surface area (Å²) in [5.74, 6) is -1.85. The summed E-state index contributed by atoms with van der Waals surface area (Å²) in [5.41, 5.74) is -1.73. The molecule has 5 nitrogen and oxygen atoms in total. The molecule has 0 aromatic heterocycles. The lowest BCUT2D eigenvalue weighted by Crippen LogP contribution is -2.40. The number of fused-ring (bicyclic) bond motifs is 5. The lowest BCUT2D eigenvalue weighted by Gasteiger charge is -2.23. The molecule has 156 valence electrons. The van der Waals surface area contributed by atoms with Crippen LogP contribution in [-0.2, 0) is 14.3 Å². The minimum absolute atomic E-state index is 0.113. The summed E-state index contributed by atoms with van der Waals surface area (Å²) in [5, 5.41) is 1.84. The zero-order chi connectivity index (χ0) is 21.8. The maximum absolute atomic E-state index is 13.9. The Labute approximate surface area is 180 Å². The maximum atomic E-state index is 13.9. The molecule has 1 aliphatic carbocycles. The van der Waals surface area contributed by atoms with Crippen molar-refractivity contribution in [3.63, 3.8) is 0 Å². The van der Waals surface area contributed by atoms with Crippen molar-refractivity contribution in [3.05, 3.63) is 77.9 Å². The number of esters is 2. The van der Waals surface area contributed by atoms with Gasteiger partial charge in [-0.05, 0) is 30.2 Å². The van der Waals surface area contributed by atoms with Crippen LogP contribution in [0.15, 0.2) is 66.7 Å². The summed E-state index contributed by atoms with van der Waals surface area (Å²) in [6.45, 7) is 3.65. The number of hydrogen-bond donors (Lipinski definition) is 0. The van der Waals surface area contributed by atoms with Crippen molar-refractivity contribution in [2.75, 3.05) is 6.61 Å². The van der Waals surface area contributed by atoms with E-state index in [1.165, 1.54) is 0 Å². The van der Waals surface area contributed by atoms with Crippen molar-refractivity contribution < 1.29 is 23.9 Å². The van der Waals surface area contributed by atoms with E-state index < -0.39 is 28.7 Å². The van der Waals surface area contributed by atoms with E-state index >= 15 is 0 Å². The third-order valence-corrected chi connectivity index (χ3v) is 6.89. The monoisotopic (exact) mass is 414 g/mol. The van der Waals surface area contributed by atoms with Crippen molar-refractivity contribution >= 4 is 28.5 Å². The van der Waals surface area contributed by atoms with Crippen molar-refractivity contribution in [2.45, 2.75) is 26.2 Å². The minimum Gasteiger partial charge on any atom is -0.465 e. The van der Waals surface area contributed by atoms with Gasteiger partial charge in [-0.3, -0.25) is 14.4 Å².